The normalized spacial score (nSPS) is 30.2. The van der Waals surface area contributed by atoms with Gasteiger partial charge in [0.15, 0.2) is 5.76 Å². The molecule has 1 saturated heterocycles. The van der Waals surface area contributed by atoms with Gasteiger partial charge in [0.2, 0.25) is 0 Å². The van der Waals surface area contributed by atoms with Gasteiger partial charge in [-0.15, -0.1) is 0 Å². The van der Waals surface area contributed by atoms with Crippen molar-refractivity contribution in [1.29, 1.82) is 0 Å². The Balaban J connectivity index is 1.68. The van der Waals surface area contributed by atoms with Crippen LogP contribution in [0.1, 0.15) is 37.1 Å². The van der Waals surface area contributed by atoms with Gasteiger partial charge in [-0.2, -0.15) is 0 Å². The van der Waals surface area contributed by atoms with Gasteiger partial charge in [0.1, 0.15) is 0 Å². The third kappa shape index (κ3) is 2.38. The molecule has 0 radical (unpaired) electrons. The summed E-state index contributed by atoms with van der Waals surface area (Å²) in [5.74, 6) is 0.980. The first-order valence-corrected chi connectivity index (χ1v) is 6.61. The zero-order valence-corrected chi connectivity index (χ0v) is 10.4. The van der Waals surface area contributed by atoms with Crippen molar-refractivity contribution in [3.63, 3.8) is 0 Å². The molecule has 1 aromatic rings. The average molecular weight is 236 g/mol. The predicted octanol–water partition coefficient (Wildman–Crippen LogP) is 2.13. The third-order valence-corrected chi connectivity index (χ3v) is 3.88. The molecule has 0 aromatic carbocycles. The molecule has 2 atom stereocenters. The Kier molecular flexibility index (Phi) is 3.16. The van der Waals surface area contributed by atoms with Crippen molar-refractivity contribution < 1.29 is 9.26 Å². The second-order valence-corrected chi connectivity index (χ2v) is 5.17. The Hall–Kier alpha value is -0.870. The Bertz CT molecular complexity index is 375. The lowest BCUT2D eigenvalue weighted by atomic mass is 9.90. The van der Waals surface area contributed by atoms with Gasteiger partial charge in [-0.05, 0) is 19.8 Å². The van der Waals surface area contributed by atoms with Crippen LogP contribution in [0.5, 0.6) is 0 Å². The fraction of sp³-hybridized carbons (Fsp3) is 0.769. The first kappa shape index (κ1) is 11.2. The van der Waals surface area contributed by atoms with Crippen LogP contribution in [0, 0.1) is 6.92 Å². The number of morpholine rings is 1. The topological polar surface area (TPSA) is 38.5 Å². The van der Waals surface area contributed by atoms with Gasteiger partial charge in [-0.1, -0.05) is 18.0 Å². The molecule has 3 rings (SSSR count). The molecule has 4 heteroatoms. The van der Waals surface area contributed by atoms with Crippen molar-refractivity contribution in [3.8, 4) is 0 Å². The van der Waals surface area contributed by atoms with Crippen LogP contribution in [-0.4, -0.2) is 35.4 Å². The van der Waals surface area contributed by atoms with Gasteiger partial charge >= 0.3 is 0 Å². The SMILES string of the molecule is Cc1cc(CN2CCOC3CCCCC32)on1. The molecule has 2 aliphatic rings. The smallest absolute Gasteiger partial charge is 0.150 e. The molecule has 94 valence electrons. The first-order chi connectivity index (χ1) is 8.33. The lowest BCUT2D eigenvalue weighted by molar-refractivity contribution is -0.0929. The average Bonchev–Trinajstić information content (AvgIpc) is 2.75. The van der Waals surface area contributed by atoms with Crippen LogP contribution >= 0.6 is 0 Å². The van der Waals surface area contributed by atoms with Gasteiger partial charge < -0.3 is 9.26 Å². The van der Waals surface area contributed by atoms with E-state index in [0.717, 1.165) is 31.2 Å². The molecule has 4 nitrogen and oxygen atoms in total. The molecule has 1 saturated carbocycles. The molecule has 0 spiro atoms. The van der Waals surface area contributed by atoms with Crippen molar-refractivity contribution in [2.75, 3.05) is 13.2 Å². The molecule has 0 bridgehead atoms. The maximum absolute atomic E-state index is 5.87. The minimum atomic E-state index is 0.446. The van der Waals surface area contributed by atoms with Gasteiger partial charge in [0.25, 0.3) is 0 Å². The van der Waals surface area contributed by atoms with Crippen molar-refractivity contribution in [2.45, 2.75) is 51.3 Å². The predicted molar refractivity (Wildman–Crippen MR) is 63.6 cm³/mol. The van der Waals surface area contributed by atoms with Gasteiger partial charge in [0, 0.05) is 18.7 Å². The van der Waals surface area contributed by atoms with E-state index in [1.807, 2.05) is 13.0 Å². The molecule has 2 heterocycles. The van der Waals surface area contributed by atoms with Crippen LogP contribution in [0.25, 0.3) is 0 Å². The summed E-state index contributed by atoms with van der Waals surface area (Å²) in [5, 5.41) is 3.95. The quantitative estimate of drug-likeness (QED) is 0.788. The number of fused-ring (bicyclic) bond motifs is 1. The largest absolute Gasteiger partial charge is 0.375 e. The van der Waals surface area contributed by atoms with Crippen LogP contribution < -0.4 is 0 Å². The van der Waals surface area contributed by atoms with E-state index in [1.54, 1.807) is 0 Å². The van der Waals surface area contributed by atoms with E-state index < -0.39 is 0 Å². The fourth-order valence-corrected chi connectivity index (χ4v) is 3.06. The highest BCUT2D eigenvalue weighted by molar-refractivity contribution is 5.03. The van der Waals surface area contributed by atoms with E-state index in [-0.39, 0.29) is 0 Å². The highest BCUT2D eigenvalue weighted by atomic mass is 16.5. The zero-order chi connectivity index (χ0) is 11.7. The van der Waals surface area contributed by atoms with E-state index >= 15 is 0 Å². The molecule has 1 aliphatic heterocycles. The van der Waals surface area contributed by atoms with E-state index in [4.69, 9.17) is 9.26 Å². The first-order valence-electron chi connectivity index (χ1n) is 6.61. The minimum Gasteiger partial charge on any atom is -0.375 e. The van der Waals surface area contributed by atoms with Crippen LogP contribution in [0.4, 0.5) is 0 Å². The minimum absolute atomic E-state index is 0.446. The van der Waals surface area contributed by atoms with E-state index in [0.29, 0.717) is 12.1 Å². The molecular weight excluding hydrogens is 216 g/mol. The summed E-state index contributed by atoms with van der Waals surface area (Å²) in [6.07, 6.45) is 5.57. The number of hydrogen-bond acceptors (Lipinski definition) is 4. The number of rotatable bonds is 2. The van der Waals surface area contributed by atoms with Gasteiger partial charge in [-0.25, -0.2) is 0 Å². The van der Waals surface area contributed by atoms with E-state index in [1.165, 1.54) is 25.7 Å². The van der Waals surface area contributed by atoms with Crippen LogP contribution in [0.2, 0.25) is 0 Å². The molecule has 0 N–H and O–H groups in total. The lowest BCUT2D eigenvalue weighted by Crippen LogP contribution is -2.52. The Labute approximate surface area is 102 Å². The number of aryl methyl sites for hydroxylation is 1. The van der Waals surface area contributed by atoms with Crippen LogP contribution in [0.15, 0.2) is 10.6 Å². The van der Waals surface area contributed by atoms with Crippen molar-refractivity contribution in [3.05, 3.63) is 17.5 Å². The fourth-order valence-electron chi connectivity index (χ4n) is 3.06. The van der Waals surface area contributed by atoms with Gasteiger partial charge in [0.05, 0.1) is 24.9 Å². The summed E-state index contributed by atoms with van der Waals surface area (Å²) < 4.78 is 11.2. The molecular formula is C13H20N2O2. The maximum atomic E-state index is 5.87. The Morgan fingerprint density at radius 3 is 3.12 bits per heavy atom. The lowest BCUT2D eigenvalue weighted by Gasteiger charge is -2.43. The van der Waals surface area contributed by atoms with Crippen LogP contribution in [-0.2, 0) is 11.3 Å². The standard InChI is InChI=1S/C13H20N2O2/c1-10-8-11(17-14-10)9-15-6-7-16-13-5-3-2-4-12(13)15/h8,12-13H,2-7,9H2,1H3. The van der Waals surface area contributed by atoms with E-state index in [2.05, 4.69) is 10.1 Å². The molecule has 1 aromatic heterocycles. The molecule has 1 aliphatic carbocycles. The molecule has 2 unspecified atom stereocenters. The number of aromatic nitrogens is 1. The third-order valence-electron chi connectivity index (χ3n) is 3.88. The number of hydrogen-bond donors (Lipinski definition) is 0. The summed E-state index contributed by atoms with van der Waals surface area (Å²) >= 11 is 0. The zero-order valence-electron chi connectivity index (χ0n) is 10.4. The summed E-state index contributed by atoms with van der Waals surface area (Å²) in [4.78, 5) is 2.51. The van der Waals surface area contributed by atoms with Crippen molar-refractivity contribution in [1.82, 2.24) is 10.1 Å². The summed E-state index contributed by atoms with van der Waals surface area (Å²) in [6.45, 7) is 4.72. The molecule has 0 amide bonds. The second-order valence-electron chi connectivity index (χ2n) is 5.17. The molecule has 2 fully saturated rings. The second kappa shape index (κ2) is 4.78. The summed E-state index contributed by atoms with van der Waals surface area (Å²) in [7, 11) is 0. The van der Waals surface area contributed by atoms with Crippen molar-refractivity contribution in [2.24, 2.45) is 0 Å². The maximum Gasteiger partial charge on any atom is 0.150 e. The number of ether oxygens (including phenoxy) is 1. The van der Waals surface area contributed by atoms with E-state index in [9.17, 15) is 0 Å². The van der Waals surface area contributed by atoms with Crippen LogP contribution in [0.3, 0.4) is 0 Å². The highest BCUT2D eigenvalue weighted by Crippen LogP contribution is 2.29. The summed E-state index contributed by atoms with van der Waals surface area (Å²) in [5.41, 5.74) is 0.966. The number of nitrogens with zero attached hydrogens (tertiary/aromatic N) is 2. The Morgan fingerprint density at radius 2 is 2.29 bits per heavy atom. The summed E-state index contributed by atoms with van der Waals surface area (Å²) in [6, 6.07) is 2.62. The highest BCUT2D eigenvalue weighted by Gasteiger charge is 2.34. The van der Waals surface area contributed by atoms with Gasteiger partial charge in [-0.3, -0.25) is 4.90 Å². The van der Waals surface area contributed by atoms with Crippen molar-refractivity contribution >= 4 is 0 Å². The monoisotopic (exact) mass is 236 g/mol. The Morgan fingerprint density at radius 1 is 1.41 bits per heavy atom. The molecule has 17 heavy (non-hydrogen) atoms.